The first-order chi connectivity index (χ1) is 9.92. The van der Waals surface area contributed by atoms with Crippen LogP contribution in [0, 0.1) is 6.92 Å². The third kappa shape index (κ3) is 3.40. The number of benzene rings is 2. The Kier molecular flexibility index (Phi) is 4.60. The highest BCUT2D eigenvalue weighted by molar-refractivity contribution is 6.44. The smallest absolute Gasteiger partial charge is 0.255 e. The standard InChI is InChI=1S/C15H14Cl2N2O2/c1-8-5-10(21-2)3-4-13(8)19-15(20)9-6-11(16)14(17)12(18)7-9/h3-7H,18H2,1-2H3,(H,19,20). The Morgan fingerprint density at radius 2 is 1.95 bits per heavy atom. The summed E-state index contributed by atoms with van der Waals surface area (Å²) in [5, 5.41) is 3.29. The molecular formula is C15H14Cl2N2O2. The van der Waals surface area contributed by atoms with Gasteiger partial charge in [-0.3, -0.25) is 4.79 Å². The summed E-state index contributed by atoms with van der Waals surface area (Å²) in [6.45, 7) is 1.88. The summed E-state index contributed by atoms with van der Waals surface area (Å²) in [5.74, 6) is 0.415. The summed E-state index contributed by atoms with van der Waals surface area (Å²) in [5.41, 5.74) is 7.89. The van der Waals surface area contributed by atoms with E-state index in [1.54, 1.807) is 19.2 Å². The van der Waals surface area contributed by atoms with Crippen molar-refractivity contribution < 1.29 is 9.53 Å². The van der Waals surface area contributed by atoms with Gasteiger partial charge < -0.3 is 15.8 Å². The molecule has 0 aliphatic carbocycles. The van der Waals surface area contributed by atoms with Crippen LogP contribution in [0.1, 0.15) is 15.9 Å². The monoisotopic (exact) mass is 324 g/mol. The van der Waals surface area contributed by atoms with Crippen molar-refractivity contribution in [2.75, 3.05) is 18.2 Å². The molecule has 3 N–H and O–H groups in total. The number of rotatable bonds is 3. The number of carbonyl (C=O) groups is 1. The van der Waals surface area contributed by atoms with E-state index in [2.05, 4.69) is 5.32 Å². The molecule has 0 aliphatic rings. The van der Waals surface area contributed by atoms with Crippen molar-refractivity contribution in [2.45, 2.75) is 6.92 Å². The van der Waals surface area contributed by atoms with Crippen LogP contribution in [-0.4, -0.2) is 13.0 Å². The number of anilines is 2. The van der Waals surface area contributed by atoms with Gasteiger partial charge in [0.25, 0.3) is 5.91 Å². The largest absolute Gasteiger partial charge is 0.497 e. The molecular weight excluding hydrogens is 311 g/mol. The Labute approximate surface area is 132 Å². The van der Waals surface area contributed by atoms with Gasteiger partial charge in [-0.15, -0.1) is 0 Å². The number of nitrogen functional groups attached to an aromatic ring is 1. The Morgan fingerprint density at radius 3 is 2.52 bits per heavy atom. The number of halogens is 2. The van der Waals surface area contributed by atoms with Gasteiger partial charge in [0.15, 0.2) is 0 Å². The van der Waals surface area contributed by atoms with E-state index in [4.69, 9.17) is 33.7 Å². The number of hydrogen-bond donors (Lipinski definition) is 2. The molecule has 21 heavy (non-hydrogen) atoms. The van der Waals surface area contributed by atoms with Crippen LogP contribution in [-0.2, 0) is 0 Å². The van der Waals surface area contributed by atoms with E-state index >= 15 is 0 Å². The minimum Gasteiger partial charge on any atom is -0.497 e. The van der Waals surface area contributed by atoms with E-state index < -0.39 is 0 Å². The average Bonchev–Trinajstić information content (AvgIpc) is 2.46. The van der Waals surface area contributed by atoms with Gasteiger partial charge in [-0.2, -0.15) is 0 Å². The number of methoxy groups -OCH3 is 1. The second-order valence-electron chi connectivity index (χ2n) is 4.50. The van der Waals surface area contributed by atoms with Crippen molar-refractivity contribution in [3.63, 3.8) is 0 Å². The molecule has 4 nitrogen and oxygen atoms in total. The quantitative estimate of drug-likeness (QED) is 0.834. The molecule has 2 rings (SSSR count). The molecule has 0 radical (unpaired) electrons. The Bertz CT molecular complexity index is 679. The highest BCUT2D eigenvalue weighted by Crippen LogP contribution is 2.30. The molecule has 2 aromatic rings. The van der Waals surface area contributed by atoms with Crippen molar-refractivity contribution in [3.05, 3.63) is 51.5 Å². The van der Waals surface area contributed by atoms with E-state index in [0.717, 1.165) is 11.3 Å². The summed E-state index contributed by atoms with van der Waals surface area (Å²) >= 11 is 11.8. The van der Waals surface area contributed by atoms with Crippen LogP contribution in [0.4, 0.5) is 11.4 Å². The van der Waals surface area contributed by atoms with Crippen molar-refractivity contribution in [3.8, 4) is 5.75 Å². The Morgan fingerprint density at radius 1 is 1.24 bits per heavy atom. The van der Waals surface area contributed by atoms with Gasteiger partial charge >= 0.3 is 0 Å². The average molecular weight is 325 g/mol. The fourth-order valence-corrected chi connectivity index (χ4v) is 2.18. The molecule has 2 aromatic carbocycles. The van der Waals surface area contributed by atoms with E-state index in [1.807, 2.05) is 13.0 Å². The number of carbonyl (C=O) groups excluding carboxylic acids is 1. The zero-order valence-electron chi connectivity index (χ0n) is 11.5. The van der Waals surface area contributed by atoms with Crippen LogP contribution in [0.5, 0.6) is 5.75 Å². The fraction of sp³-hybridized carbons (Fsp3) is 0.133. The van der Waals surface area contributed by atoms with Crippen LogP contribution >= 0.6 is 23.2 Å². The lowest BCUT2D eigenvalue weighted by molar-refractivity contribution is 0.102. The molecule has 0 aromatic heterocycles. The van der Waals surface area contributed by atoms with E-state index in [1.165, 1.54) is 12.1 Å². The summed E-state index contributed by atoms with van der Waals surface area (Å²) < 4.78 is 5.12. The number of ether oxygens (including phenoxy) is 1. The summed E-state index contributed by atoms with van der Waals surface area (Å²) in [6, 6.07) is 8.34. The molecule has 6 heteroatoms. The number of aryl methyl sites for hydroxylation is 1. The lowest BCUT2D eigenvalue weighted by atomic mass is 10.1. The molecule has 0 spiro atoms. The van der Waals surface area contributed by atoms with Gasteiger partial charge in [-0.25, -0.2) is 0 Å². The minimum atomic E-state index is -0.312. The maximum atomic E-state index is 12.2. The third-order valence-electron chi connectivity index (χ3n) is 3.00. The molecule has 110 valence electrons. The third-order valence-corrected chi connectivity index (χ3v) is 3.82. The van der Waals surface area contributed by atoms with Crippen LogP contribution in [0.3, 0.4) is 0 Å². The summed E-state index contributed by atoms with van der Waals surface area (Å²) in [4.78, 5) is 12.2. The molecule has 0 atom stereocenters. The number of nitrogens with one attached hydrogen (secondary N) is 1. The molecule has 1 amide bonds. The van der Waals surface area contributed by atoms with Crippen LogP contribution < -0.4 is 15.8 Å². The van der Waals surface area contributed by atoms with Crippen LogP contribution in [0.15, 0.2) is 30.3 Å². The zero-order chi connectivity index (χ0) is 15.6. The van der Waals surface area contributed by atoms with Crippen molar-refractivity contribution in [1.82, 2.24) is 0 Å². The predicted octanol–water partition coefficient (Wildman–Crippen LogP) is 4.14. The highest BCUT2D eigenvalue weighted by Gasteiger charge is 2.12. The fourth-order valence-electron chi connectivity index (χ4n) is 1.84. The molecule has 0 saturated carbocycles. The first-order valence-electron chi connectivity index (χ1n) is 6.13. The van der Waals surface area contributed by atoms with Crippen molar-refractivity contribution in [1.29, 1.82) is 0 Å². The number of amides is 1. The Balaban J connectivity index is 2.26. The number of nitrogens with two attached hydrogens (primary N) is 1. The summed E-state index contributed by atoms with van der Waals surface area (Å²) in [7, 11) is 1.59. The number of hydrogen-bond acceptors (Lipinski definition) is 3. The van der Waals surface area contributed by atoms with Gasteiger partial charge in [-0.05, 0) is 42.8 Å². The zero-order valence-corrected chi connectivity index (χ0v) is 13.0. The van der Waals surface area contributed by atoms with E-state index in [0.29, 0.717) is 11.3 Å². The van der Waals surface area contributed by atoms with Gasteiger partial charge in [0.1, 0.15) is 5.75 Å². The lowest BCUT2D eigenvalue weighted by Gasteiger charge is -2.11. The first-order valence-corrected chi connectivity index (χ1v) is 6.88. The normalized spacial score (nSPS) is 10.3. The molecule has 0 heterocycles. The maximum absolute atomic E-state index is 12.2. The van der Waals surface area contributed by atoms with Crippen LogP contribution in [0.25, 0.3) is 0 Å². The van der Waals surface area contributed by atoms with Gasteiger partial charge in [-0.1, -0.05) is 23.2 Å². The molecule has 0 unspecified atom stereocenters. The Hall–Kier alpha value is -1.91. The second kappa shape index (κ2) is 6.24. The van der Waals surface area contributed by atoms with E-state index in [-0.39, 0.29) is 21.6 Å². The first kappa shape index (κ1) is 15.5. The topological polar surface area (TPSA) is 64.3 Å². The second-order valence-corrected chi connectivity index (χ2v) is 5.28. The maximum Gasteiger partial charge on any atom is 0.255 e. The van der Waals surface area contributed by atoms with Crippen molar-refractivity contribution in [2.24, 2.45) is 0 Å². The predicted molar refractivity (Wildman–Crippen MR) is 86.6 cm³/mol. The van der Waals surface area contributed by atoms with E-state index in [9.17, 15) is 4.79 Å². The molecule has 0 aliphatic heterocycles. The summed E-state index contributed by atoms with van der Waals surface area (Å²) in [6.07, 6.45) is 0. The molecule has 0 bridgehead atoms. The lowest BCUT2D eigenvalue weighted by Crippen LogP contribution is -2.13. The molecule has 0 saturated heterocycles. The van der Waals surface area contributed by atoms with Gasteiger partial charge in [0.05, 0.1) is 22.8 Å². The van der Waals surface area contributed by atoms with Crippen molar-refractivity contribution >= 4 is 40.5 Å². The SMILES string of the molecule is COc1ccc(NC(=O)c2cc(N)c(Cl)c(Cl)c2)c(C)c1. The van der Waals surface area contributed by atoms with Crippen LogP contribution in [0.2, 0.25) is 10.0 Å². The molecule has 0 fully saturated rings. The minimum absolute atomic E-state index is 0.244. The van der Waals surface area contributed by atoms with Gasteiger partial charge in [0, 0.05) is 11.3 Å². The van der Waals surface area contributed by atoms with Gasteiger partial charge in [0.2, 0.25) is 0 Å². The highest BCUT2D eigenvalue weighted by atomic mass is 35.5.